The largest absolute Gasteiger partial charge is 0.573 e. The van der Waals surface area contributed by atoms with E-state index >= 15 is 0 Å². The summed E-state index contributed by atoms with van der Waals surface area (Å²) < 4.78 is 56.3. The van der Waals surface area contributed by atoms with Gasteiger partial charge in [-0.05, 0) is 66.9 Å². The molecule has 3 aromatic carbocycles. The van der Waals surface area contributed by atoms with Crippen LogP contribution in [0.5, 0.6) is 5.75 Å². The molecule has 0 saturated heterocycles. The maximum absolute atomic E-state index is 14.4. The molecule has 200 valence electrons. The molecule has 1 aliphatic carbocycles. The van der Waals surface area contributed by atoms with Crippen molar-refractivity contribution in [1.82, 2.24) is 4.98 Å². The quantitative estimate of drug-likeness (QED) is 0.202. The zero-order valence-electron chi connectivity index (χ0n) is 20.0. The molecule has 0 spiro atoms. The van der Waals surface area contributed by atoms with Crippen LogP contribution in [0.3, 0.4) is 0 Å². The lowest BCUT2D eigenvalue weighted by molar-refractivity contribution is -0.274. The summed E-state index contributed by atoms with van der Waals surface area (Å²) >= 11 is 1.23. The smallest absolute Gasteiger partial charge is 0.406 e. The normalized spacial score (nSPS) is 13.2. The number of hydrogen-bond donors (Lipinski definition) is 2. The van der Waals surface area contributed by atoms with E-state index in [1.165, 1.54) is 35.6 Å². The van der Waals surface area contributed by atoms with E-state index in [2.05, 4.69) is 20.4 Å². The van der Waals surface area contributed by atoms with Crippen LogP contribution in [-0.4, -0.2) is 28.9 Å². The van der Waals surface area contributed by atoms with Crippen molar-refractivity contribution >= 4 is 50.0 Å². The lowest BCUT2D eigenvalue weighted by Gasteiger charge is -2.11. The summed E-state index contributed by atoms with van der Waals surface area (Å²) in [5, 5.41) is 5.58. The van der Waals surface area contributed by atoms with Crippen molar-refractivity contribution in [3.05, 3.63) is 83.2 Å². The van der Waals surface area contributed by atoms with Crippen molar-refractivity contribution in [2.24, 2.45) is 5.92 Å². The van der Waals surface area contributed by atoms with Crippen LogP contribution in [0.1, 0.15) is 34.3 Å². The third-order valence-electron chi connectivity index (χ3n) is 5.83. The molecule has 0 bridgehead atoms. The van der Waals surface area contributed by atoms with Gasteiger partial charge >= 0.3 is 6.36 Å². The average molecular weight is 558 g/mol. The van der Waals surface area contributed by atoms with E-state index in [1.807, 2.05) is 0 Å². The zero-order valence-corrected chi connectivity index (χ0v) is 20.8. The highest BCUT2D eigenvalue weighted by molar-refractivity contribution is 7.22. The molecule has 0 atom stereocenters. The van der Waals surface area contributed by atoms with E-state index in [-0.39, 0.29) is 35.1 Å². The highest BCUT2D eigenvalue weighted by Crippen LogP contribution is 2.33. The lowest BCUT2D eigenvalue weighted by atomic mass is 10.0. The van der Waals surface area contributed by atoms with Crippen LogP contribution in [0.4, 0.5) is 28.4 Å². The Morgan fingerprint density at radius 1 is 0.974 bits per heavy atom. The van der Waals surface area contributed by atoms with Gasteiger partial charge in [0.2, 0.25) is 11.8 Å². The monoisotopic (exact) mass is 557 g/mol. The number of carbonyl (C=O) groups is 3. The Morgan fingerprint density at radius 3 is 2.46 bits per heavy atom. The fraction of sp³-hybridized carbons (Fsp3) is 0.185. The fourth-order valence-corrected chi connectivity index (χ4v) is 4.74. The fourth-order valence-electron chi connectivity index (χ4n) is 3.83. The number of fused-ring (bicyclic) bond motifs is 1. The summed E-state index contributed by atoms with van der Waals surface area (Å²) in [7, 11) is 0. The number of nitrogens with zero attached hydrogens (tertiary/aromatic N) is 1. The lowest BCUT2D eigenvalue weighted by Crippen LogP contribution is -2.18. The Labute approximate surface area is 222 Å². The molecular weight excluding hydrogens is 538 g/mol. The summed E-state index contributed by atoms with van der Waals surface area (Å²) in [6, 6.07) is 13.2. The third kappa shape index (κ3) is 6.58. The van der Waals surface area contributed by atoms with E-state index in [4.69, 9.17) is 0 Å². The predicted molar refractivity (Wildman–Crippen MR) is 136 cm³/mol. The second-order valence-electron chi connectivity index (χ2n) is 8.91. The second kappa shape index (κ2) is 10.4. The summed E-state index contributed by atoms with van der Waals surface area (Å²) in [6.07, 6.45) is -3.51. The molecule has 1 heterocycles. The first kappa shape index (κ1) is 26.3. The number of thiazole rings is 1. The van der Waals surface area contributed by atoms with E-state index in [9.17, 15) is 31.9 Å². The van der Waals surface area contributed by atoms with E-state index < -0.39 is 29.6 Å². The van der Waals surface area contributed by atoms with Crippen LogP contribution in [-0.2, 0) is 16.0 Å². The van der Waals surface area contributed by atoms with Gasteiger partial charge in [0, 0.05) is 17.0 Å². The molecule has 1 aromatic heterocycles. The highest BCUT2D eigenvalue weighted by atomic mass is 32.1. The van der Waals surface area contributed by atoms with Crippen molar-refractivity contribution in [2.75, 3.05) is 10.6 Å². The van der Waals surface area contributed by atoms with Gasteiger partial charge in [0.05, 0.1) is 22.3 Å². The molecule has 2 amide bonds. The molecule has 2 N–H and O–H groups in total. The summed E-state index contributed by atoms with van der Waals surface area (Å²) in [5.74, 6) is -2.45. The van der Waals surface area contributed by atoms with Crippen molar-refractivity contribution in [3.8, 4) is 5.75 Å². The van der Waals surface area contributed by atoms with E-state index in [1.54, 1.807) is 18.2 Å². The number of amides is 2. The molecular formula is C27H19F4N3O4S. The molecule has 0 unspecified atom stereocenters. The number of nitrogens with one attached hydrogen (secondary N) is 2. The van der Waals surface area contributed by atoms with E-state index in [0.717, 1.165) is 31.0 Å². The first-order valence-corrected chi connectivity index (χ1v) is 12.6. The molecule has 7 nitrogen and oxygen atoms in total. The number of ketones is 1. The number of halogens is 4. The van der Waals surface area contributed by atoms with Crippen molar-refractivity contribution in [1.29, 1.82) is 0 Å². The third-order valence-corrected chi connectivity index (χ3v) is 6.76. The zero-order chi connectivity index (χ0) is 27.7. The Kier molecular flexibility index (Phi) is 7.04. The van der Waals surface area contributed by atoms with Gasteiger partial charge in [-0.3, -0.25) is 14.4 Å². The standard InChI is InChI=1S/C27H19F4N3O4S/c28-19-8-6-16(12-21(19)32-23(35)11-14-2-1-3-18(10-14)38-27(29,30)31)24(36)17-7-9-20-22(13-17)39-26(33-20)34-25(37)15-4-5-15/h1-3,6-10,12-13,15H,4-5,11H2,(H,32,35)(H,33,34,37). The minimum absolute atomic E-state index is 0.0240. The maximum Gasteiger partial charge on any atom is 0.573 e. The maximum atomic E-state index is 14.4. The first-order chi connectivity index (χ1) is 18.5. The minimum Gasteiger partial charge on any atom is -0.406 e. The molecule has 5 rings (SSSR count). The number of carbonyl (C=O) groups excluding carboxylic acids is 3. The molecule has 12 heteroatoms. The minimum atomic E-state index is -4.88. The number of anilines is 2. The molecule has 1 saturated carbocycles. The first-order valence-electron chi connectivity index (χ1n) is 11.7. The number of hydrogen-bond acceptors (Lipinski definition) is 6. The Hall–Kier alpha value is -4.32. The van der Waals surface area contributed by atoms with Gasteiger partial charge in [-0.25, -0.2) is 9.37 Å². The number of alkyl halides is 3. The predicted octanol–water partition coefficient (Wildman–Crippen LogP) is 6.09. The van der Waals surface area contributed by atoms with Crippen LogP contribution in [0.25, 0.3) is 10.2 Å². The number of benzene rings is 3. The van der Waals surface area contributed by atoms with Gasteiger partial charge in [0.25, 0.3) is 0 Å². The number of aromatic nitrogens is 1. The highest BCUT2D eigenvalue weighted by Gasteiger charge is 2.31. The van der Waals surface area contributed by atoms with Gasteiger partial charge in [0.15, 0.2) is 10.9 Å². The van der Waals surface area contributed by atoms with Gasteiger partial charge in [-0.2, -0.15) is 0 Å². The van der Waals surface area contributed by atoms with Crippen LogP contribution >= 0.6 is 11.3 Å². The van der Waals surface area contributed by atoms with Gasteiger partial charge in [-0.15, -0.1) is 13.2 Å². The van der Waals surface area contributed by atoms with Crippen molar-refractivity contribution < 1.29 is 36.7 Å². The van der Waals surface area contributed by atoms with E-state index in [0.29, 0.717) is 20.9 Å². The molecule has 4 aromatic rings. The Balaban J connectivity index is 1.29. The van der Waals surface area contributed by atoms with Crippen molar-refractivity contribution in [2.45, 2.75) is 25.6 Å². The topological polar surface area (TPSA) is 97.4 Å². The number of ether oxygens (including phenoxy) is 1. The van der Waals surface area contributed by atoms with Gasteiger partial charge in [-0.1, -0.05) is 23.5 Å². The Morgan fingerprint density at radius 2 is 1.72 bits per heavy atom. The summed E-state index contributed by atoms with van der Waals surface area (Å²) in [4.78, 5) is 42.0. The van der Waals surface area contributed by atoms with Gasteiger partial charge in [0.1, 0.15) is 11.6 Å². The summed E-state index contributed by atoms with van der Waals surface area (Å²) in [6.45, 7) is 0. The average Bonchev–Trinajstić information content (AvgIpc) is 3.64. The van der Waals surface area contributed by atoms with Gasteiger partial charge < -0.3 is 15.4 Å². The van der Waals surface area contributed by atoms with Crippen LogP contribution in [0, 0.1) is 11.7 Å². The van der Waals surface area contributed by atoms with Crippen molar-refractivity contribution in [3.63, 3.8) is 0 Å². The summed E-state index contributed by atoms with van der Waals surface area (Å²) in [5.41, 5.74) is 0.985. The second-order valence-corrected chi connectivity index (χ2v) is 9.94. The van der Waals surface area contributed by atoms with Crippen LogP contribution < -0.4 is 15.4 Å². The SMILES string of the molecule is O=C(Cc1cccc(OC(F)(F)F)c1)Nc1cc(C(=O)c2ccc3nc(NC(=O)C4CC4)sc3c2)ccc1F. The molecule has 1 aliphatic rings. The van der Waals surface area contributed by atoms with Crippen LogP contribution in [0.2, 0.25) is 0 Å². The van der Waals surface area contributed by atoms with Crippen LogP contribution in [0.15, 0.2) is 60.7 Å². The molecule has 39 heavy (non-hydrogen) atoms. The Bertz CT molecular complexity index is 1600. The molecule has 1 fully saturated rings. The molecule has 0 radical (unpaired) electrons. The number of rotatable bonds is 8. The molecule has 0 aliphatic heterocycles.